The Morgan fingerprint density at radius 3 is 2.44 bits per heavy atom. The molecule has 2 aliphatic rings. The molecule has 2 aromatic carbocycles. The largest absolute Gasteiger partial charge is 0.435 e. The van der Waals surface area contributed by atoms with Gasteiger partial charge in [-0.05, 0) is 41.6 Å². The first kappa shape index (κ1) is 22.9. The summed E-state index contributed by atoms with van der Waals surface area (Å²) in [7, 11) is 0. The number of nitrogens with zero attached hydrogens (tertiary/aromatic N) is 2. The standard InChI is InChI=1S/C20H14Cl2F3N3O3S/c21-12-4-11(5-13(22)6-12)19(20(23,24)25)7-17(28-31-19)15-2-1-10(3-16(15)27-30)18(29)26-14-8-32-9-14/h1-6,14H,7-9H2,(H,26,29). The monoisotopic (exact) mass is 503 g/mol. The van der Waals surface area contributed by atoms with Crippen LogP contribution >= 0.6 is 35.0 Å². The molecule has 32 heavy (non-hydrogen) atoms. The molecule has 1 unspecified atom stereocenters. The van der Waals surface area contributed by atoms with Gasteiger partial charge in [-0.3, -0.25) is 4.79 Å². The Morgan fingerprint density at radius 2 is 1.88 bits per heavy atom. The zero-order valence-corrected chi connectivity index (χ0v) is 18.4. The number of nitrogens with one attached hydrogen (secondary N) is 1. The molecule has 0 radical (unpaired) electrons. The molecule has 0 aliphatic carbocycles. The number of thioether (sulfide) groups is 1. The van der Waals surface area contributed by atoms with E-state index in [-0.39, 0.29) is 44.2 Å². The van der Waals surface area contributed by atoms with Crippen molar-refractivity contribution in [2.75, 3.05) is 11.5 Å². The molecule has 1 N–H and O–H groups in total. The van der Waals surface area contributed by atoms with Crippen molar-refractivity contribution in [3.8, 4) is 0 Å². The van der Waals surface area contributed by atoms with Crippen molar-refractivity contribution >= 4 is 52.3 Å². The van der Waals surface area contributed by atoms with Crippen LogP contribution in [-0.4, -0.2) is 35.3 Å². The van der Waals surface area contributed by atoms with Crippen molar-refractivity contribution in [2.24, 2.45) is 10.3 Å². The number of nitroso groups, excluding NO2 is 1. The SMILES string of the molecule is O=Nc1cc(C(=O)NC2CSC2)ccc1C1=NOC(c2cc(Cl)cc(Cl)c2)(C(F)(F)F)C1. The number of benzene rings is 2. The molecule has 0 bridgehead atoms. The average Bonchev–Trinajstić information content (AvgIpc) is 3.16. The molecule has 0 spiro atoms. The minimum atomic E-state index is -4.87. The minimum Gasteiger partial charge on any atom is -0.374 e. The van der Waals surface area contributed by atoms with E-state index in [1.165, 1.54) is 24.3 Å². The van der Waals surface area contributed by atoms with E-state index >= 15 is 0 Å². The summed E-state index contributed by atoms with van der Waals surface area (Å²) in [5.74, 6) is 1.20. The van der Waals surface area contributed by atoms with Crippen molar-refractivity contribution in [2.45, 2.75) is 24.2 Å². The molecular formula is C20H14Cl2F3N3O3S. The average molecular weight is 504 g/mol. The Balaban J connectivity index is 1.66. The van der Waals surface area contributed by atoms with E-state index in [9.17, 15) is 22.9 Å². The van der Waals surface area contributed by atoms with E-state index in [1.807, 2.05) is 0 Å². The second-order valence-corrected chi connectivity index (χ2v) is 9.27. The number of rotatable bonds is 5. The van der Waals surface area contributed by atoms with Crippen molar-refractivity contribution in [3.63, 3.8) is 0 Å². The van der Waals surface area contributed by atoms with Crippen LogP contribution in [-0.2, 0) is 10.4 Å². The molecule has 12 heteroatoms. The highest BCUT2D eigenvalue weighted by Gasteiger charge is 2.62. The third-order valence-electron chi connectivity index (χ3n) is 5.16. The van der Waals surface area contributed by atoms with E-state index in [0.29, 0.717) is 0 Å². The van der Waals surface area contributed by atoms with Crippen LogP contribution in [0.1, 0.15) is 27.9 Å². The Kier molecular flexibility index (Phi) is 6.12. The maximum Gasteiger partial charge on any atom is 0.435 e. The zero-order chi connectivity index (χ0) is 23.1. The first-order valence-corrected chi connectivity index (χ1v) is 11.2. The van der Waals surface area contributed by atoms with Crippen molar-refractivity contribution in [1.82, 2.24) is 5.32 Å². The van der Waals surface area contributed by atoms with Gasteiger partial charge in [0.05, 0.1) is 12.1 Å². The molecular weight excluding hydrogens is 490 g/mol. The van der Waals surface area contributed by atoms with Gasteiger partial charge in [-0.15, -0.1) is 4.91 Å². The molecule has 168 valence electrons. The summed E-state index contributed by atoms with van der Waals surface area (Å²) < 4.78 is 42.4. The number of hydrogen-bond donors (Lipinski definition) is 1. The molecule has 1 fully saturated rings. The number of halogens is 5. The molecule has 2 aliphatic heterocycles. The summed E-state index contributed by atoms with van der Waals surface area (Å²) in [6, 6.07) is 7.50. The fraction of sp³-hybridized carbons (Fsp3) is 0.300. The van der Waals surface area contributed by atoms with Crippen molar-refractivity contribution in [1.29, 1.82) is 0 Å². The number of alkyl halides is 3. The lowest BCUT2D eigenvalue weighted by Crippen LogP contribution is -2.43. The summed E-state index contributed by atoms with van der Waals surface area (Å²) in [5, 5.41) is 9.32. The normalized spacial score (nSPS) is 20.8. The Hall–Kier alpha value is -2.30. The summed E-state index contributed by atoms with van der Waals surface area (Å²) in [5.41, 5.74) is -3.32. The van der Waals surface area contributed by atoms with Gasteiger partial charge in [-0.2, -0.15) is 24.9 Å². The van der Waals surface area contributed by atoms with Crippen LogP contribution in [0, 0.1) is 4.91 Å². The molecule has 1 atom stereocenters. The van der Waals surface area contributed by atoms with Gasteiger partial charge in [-0.1, -0.05) is 28.4 Å². The van der Waals surface area contributed by atoms with Crippen LogP contribution in [0.5, 0.6) is 0 Å². The number of carbonyl (C=O) groups is 1. The first-order chi connectivity index (χ1) is 15.1. The first-order valence-electron chi connectivity index (χ1n) is 9.28. The molecule has 0 saturated carbocycles. The topological polar surface area (TPSA) is 80.1 Å². The molecule has 1 saturated heterocycles. The highest BCUT2D eigenvalue weighted by Crippen LogP contribution is 2.50. The van der Waals surface area contributed by atoms with Crippen LogP contribution < -0.4 is 5.32 Å². The highest BCUT2D eigenvalue weighted by molar-refractivity contribution is 8.00. The van der Waals surface area contributed by atoms with Crippen LogP contribution in [0.15, 0.2) is 46.7 Å². The van der Waals surface area contributed by atoms with E-state index in [1.54, 1.807) is 11.8 Å². The molecule has 2 aromatic rings. The summed E-state index contributed by atoms with van der Waals surface area (Å²) in [6.07, 6.45) is -5.61. The van der Waals surface area contributed by atoms with Crippen molar-refractivity contribution < 1.29 is 22.8 Å². The molecule has 6 nitrogen and oxygen atoms in total. The lowest BCUT2D eigenvalue weighted by atomic mass is 9.86. The zero-order valence-electron chi connectivity index (χ0n) is 16.1. The van der Waals surface area contributed by atoms with Gasteiger partial charge in [0.15, 0.2) is 0 Å². The summed E-state index contributed by atoms with van der Waals surface area (Å²) in [6.45, 7) is 0. The Labute approximate surface area is 194 Å². The predicted octanol–water partition coefficient (Wildman–Crippen LogP) is 5.82. The lowest BCUT2D eigenvalue weighted by molar-refractivity contribution is -0.275. The lowest BCUT2D eigenvalue weighted by Gasteiger charge is -2.29. The molecule has 0 aromatic heterocycles. The quantitative estimate of drug-likeness (QED) is 0.521. The highest BCUT2D eigenvalue weighted by atomic mass is 35.5. The van der Waals surface area contributed by atoms with E-state index in [4.69, 9.17) is 28.0 Å². The number of hydrogen-bond acceptors (Lipinski definition) is 6. The maximum absolute atomic E-state index is 14.1. The van der Waals surface area contributed by atoms with Crippen LogP contribution in [0.3, 0.4) is 0 Å². The second-order valence-electron chi connectivity index (χ2n) is 7.32. The van der Waals surface area contributed by atoms with Gasteiger partial charge in [-0.25, -0.2) is 0 Å². The Bertz CT molecular complexity index is 1100. The third-order valence-corrected chi connectivity index (χ3v) is 6.87. The predicted molar refractivity (Wildman–Crippen MR) is 117 cm³/mol. The number of oxime groups is 1. The fourth-order valence-corrected chi connectivity index (χ4v) is 4.58. The molecule has 1 amide bonds. The third kappa shape index (κ3) is 4.18. The van der Waals surface area contributed by atoms with Crippen molar-refractivity contribution in [3.05, 3.63) is 68.0 Å². The van der Waals surface area contributed by atoms with Gasteiger partial charge in [0.1, 0.15) is 5.69 Å². The fourth-order valence-electron chi connectivity index (χ4n) is 3.42. The van der Waals surface area contributed by atoms with Gasteiger partial charge in [0, 0.05) is 44.3 Å². The number of amides is 1. The number of carbonyl (C=O) groups excluding carboxylic acids is 1. The van der Waals surface area contributed by atoms with E-state index < -0.39 is 24.1 Å². The van der Waals surface area contributed by atoms with Crippen LogP contribution in [0.25, 0.3) is 0 Å². The van der Waals surface area contributed by atoms with Gasteiger partial charge >= 0.3 is 6.18 Å². The van der Waals surface area contributed by atoms with E-state index in [2.05, 4.69) is 15.6 Å². The minimum absolute atomic E-state index is 0.00338. The van der Waals surface area contributed by atoms with Gasteiger partial charge in [0.2, 0.25) is 0 Å². The smallest absolute Gasteiger partial charge is 0.374 e. The van der Waals surface area contributed by atoms with Crippen LogP contribution in [0.2, 0.25) is 10.0 Å². The van der Waals surface area contributed by atoms with Crippen LogP contribution in [0.4, 0.5) is 18.9 Å². The Morgan fingerprint density at radius 1 is 1.19 bits per heavy atom. The molecule has 2 heterocycles. The van der Waals surface area contributed by atoms with Gasteiger partial charge in [0.25, 0.3) is 11.5 Å². The summed E-state index contributed by atoms with van der Waals surface area (Å²) in [4.78, 5) is 28.7. The molecule has 4 rings (SSSR count). The summed E-state index contributed by atoms with van der Waals surface area (Å²) >= 11 is 13.5. The van der Waals surface area contributed by atoms with Gasteiger partial charge < -0.3 is 10.2 Å². The maximum atomic E-state index is 14.1. The second kappa shape index (κ2) is 8.57. The van der Waals surface area contributed by atoms with E-state index in [0.717, 1.165) is 23.6 Å².